The summed E-state index contributed by atoms with van der Waals surface area (Å²) < 4.78 is 10.5. The lowest BCUT2D eigenvalue weighted by Gasteiger charge is -2.57. The fourth-order valence-electron chi connectivity index (χ4n) is 7.06. The highest BCUT2D eigenvalue weighted by molar-refractivity contribution is 5.60. The van der Waals surface area contributed by atoms with Crippen molar-refractivity contribution in [3.8, 4) is 0 Å². The van der Waals surface area contributed by atoms with Gasteiger partial charge in [0.25, 0.3) is 0 Å². The van der Waals surface area contributed by atoms with Crippen molar-refractivity contribution in [2.24, 2.45) is 28.6 Å². The summed E-state index contributed by atoms with van der Waals surface area (Å²) in [5.41, 5.74) is 2.53. The van der Waals surface area contributed by atoms with E-state index in [1.54, 1.807) is 5.57 Å². The number of carbonyl (C=O) groups is 1. The molecule has 25 heavy (non-hydrogen) atoms. The highest BCUT2D eigenvalue weighted by Gasteiger charge is 2.56. The van der Waals surface area contributed by atoms with Crippen LogP contribution >= 0.6 is 0 Å². The molecule has 0 N–H and O–H groups in total. The van der Waals surface area contributed by atoms with Crippen LogP contribution in [0.15, 0.2) is 11.6 Å². The zero-order valence-corrected chi connectivity index (χ0v) is 16.2. The maximum Gasteiger partial charge on any atom is 0.508 e. The molecule has 4 aliphatic carbocycles. The third kappa shape index (κ3) is 2.82. The molecular formula is C22H34O3. The van der Waals surface area contributed by atoms with E-state index in [2.05, 4.69) is 19.9 Å². The number of fused-ring (bicyclic) bond motifs is 5. The molecule has 3 saturated carbocycles. The predicted octanol–water partition coefficient (Wildman–Crippen LogP) is 5.88. The Morgan fingerprint density at radius 2 is 1.96 bits per heavy atom. The predicted molar refractivity (Wildman–Crippen MR) is 98.2 cm³/mol. The normalized spacial score (nSPS) is 45.6. The van der Waals surface area contributed by atoms with Crippen molar-refractivity contribution in [3.63, 3.8) is 0 Å². The molecule has 3 heteroatoms. The third-order valence-corrected chi connectivity index (χ3v) is 8.36. The Hall–Kier alpha value is -0.990. The Morgan fingerprint density at radius 3 is 2.76 bits per heavy atom. The van der Waals surface area contributed by atoms with Gasteiger partial charge in [0, 0.05) is 0 Å². The highest BCUT2D eigenvalue weighted by Crippen LogP contribution is 2.65. The monoisotopic (exact) mass is 346 g/mol. The van der Waals surface area contributed by atoms with Crippen molar-refractivity contribution < 1.29 is 14.3 Å². The Labute approximate surface area is 152 Å². The molecule has 1 unspecified atom stereocenters. The Balaban J connectivity index is 1.52. The van der Waals surface area contributed by atoms with Gasteiger partial charge in [-0.15, -0.1) is 0 Å². The van der Waals surface area contributed by atoms with Crippen molar-refractivity contribution in [2.75, 3.05) is 6.61 Å². The first-order chi connectivity index (χ1) is 12.0. The van der Waals surface area contributed by atoms with Crippen molar-refractivity contribution in [3.05, 3.63) is 11.6 Å². The number of carbonyl (C=O) groups excluding carboxylic acids is 1. The molecule has 3 nitrogen and oxygen atoms in total. The second-order valence-corrected chi connectivity index (χ2v) is 9.49. The van der Waals surface area contributed by atoms with Crippen molar-refractivity contribution in [2.45, 2.75) is 84.7 Å². The van der Waals surface area contributed by atoms with Gasteiger partial charge in [-0.05, 0) is 93.0 Å². The van der Waals surface area contributed by atoms with Gasteiger partial charge >= 0.3 is 6.16 Å². The van der Waals surface area contributed by atoms with Crippen LogP contribution < -0.4 is 0 Å². The van der Waals surface area contributed by atoms with Crippen LogP contribution in [0.5, 0.6) is 0 Å². The molecule has 0 aromatic rings. The fraction of sp³-hybridized carbons (Fsp3) is 0.864. The lowest BCUT2D eigenvalue weighted by atomic mass is 9.47. The maximum absolute atomic E-state index is 11.7. The third-order valence-electron chi connectivity index (χ3n) is 8.36. The molecule has 0 heterocycles. The van der Waals surface area contributed by atoms with E-state index in [-0.39, 0.29) is 6.10 Å². The largest absolute Gasteiger partial charge is 0.508 e. The second-order valence-electron chi connectivity index (χ2n) is 9.49. The van der Waals surface area contributed by atoms with Crippen molar-refractivity contribution in [1.29, 1.82) is 0 Å². The van der Waals surface area contributed by atoms with Gasteiger partial charge in [-0.25, -0.2) is 4.79 Å². The molecule has 0 amide bonds. The summed E-state index contributed by atoms with van der Waals surface area (Å²) in [5.74, 6) is 2.72. The second kappa shape index (κ2) is 6.32. The summed E-state index contributed by atoms with van der Waals surface area (Å²) in [5, 5.41) is 0. The van der Waals surface area contributed by atoms with Crippen LogP contribution in [0.3, 0.4) is 0 Å². The molecule has 4 rings (SSSR count). The first-order valence-electron chi connectivity index (χ1n) is 10.5. The number of hydrogen-bond donors (Lipinski definition) is 0. The molecule has 140 valence electrons. The minimum atomic E-state index is -0.513. The molecule has 0 aliphatic heterocycles. The van der Waals surface area contributed by atoms with E-state index < -0.39 is 6.16 Å². The quantitative estimate of drug-likeness (QED) is 0.462. The highest BCUT2D eigenvalue weighted by atomic mass is 16.7. The first-order valence-corrected chi connectivity index (χ1v) is 10.5. The van der Waals surface area contributed by atoms with Crippen molar-refractivity contribution >= 4 is 6.16 Å². The van der Waals surface area contributed by atoms with E-state index in [4.69, 9.17) is 9.47 Å². The van der Waals surface area contributed by atoms with Crippen LogP contribution in [0.25, 0.3) is 0 Å². The summed E-state index contributed by atoms with van der Waals surface area (Å²) in [7, 11) is 0. The van der Waals surface area contributed by atoms with Crippen LogP contribution in [0, 0.1) is 28.6 Å². The van der Waals surface area contributed by atoms with Crippen LogP contribution in [-0.4, -0.2) is 18.9 Å². The Kier molecular flexibility index (Phi) is 4.40. The molecule has 3 fully saturated rings. The molecule has 0 spiro atoms. The first kappa shape index (κ1) is 17.4. The van der Waals surface area contributed by atoms with Gasteiger partial charge in [0.05, 0.1) is 6.61 Å². The SMILES string of the molecule is CCOC(=O)OC1C=C2CC[C@H]3[C@@H]4CCC[C@@]4(C)CC[C@@H]3[C@@]2(C)CC1. The van der Waals surface area contributed by atoms with Gasteiger partial charge in [-0.3, -0.25) is 0 Å². The smallest absolute Gasteiger partial charge is 0.435 e. The number of allylic oxidation sites excluding steroid dienone is 1. The van der Waals surface area contributed by atoms with Gasteiger partial charge < -0.3 is 9.47 Å². The zero-order valence-electron chi connectivity index (χ0n) is 16.2. The standard InChI is InChI=1S/C22H34O3/c1-4-24-20(23)25-16-9-13-22(3)15(14-16)7-8-17-18-6-5-11-21(18,2)12-10-19(17)22/h14,16-19H,4-13H2,1-3H3/t16?,17-,18-,19-,21-,22-/m0/s1. The fourth-order valence-corrected chi connectivity index (χ4v) is 7.06. The van der Waals surface area contributed by atoms with Gasteiger partial charge in [0.15, 0.2) is 0 Å². The maximum atomic E-state index is 11.7. The minimum Gasteiger partial charge on any atom is -0.435 e. The molecule has 0 aromatic carbocycles. The van der Waals surface area contributed by atoms with E-state index in [9.17, 15) is 4.79 Å². The number of rotatable bonds is 2. The van der Waals surface area contributed by atoms with Gasteiger partial charge in [0.2, 0.25) is 0 Å². The van der Waals surface area contributed by atoms with E-state index in [1.807, 2.05) is 6.92 Å². The lowest BCUT2D eigenvalue weighted by molar-refractivity contribution is -0.0444. The average molecular weight is 347 g/mol. The van der Waals surface area contributed by atoms with Gasteiger partial charge in [-0.1, -0.05) is 25.8 Å². The van der Waals surface area contributed by atoms with Gasteiger partial charge in [-0.2, -0.15) is 0 Å². The Morgan fingerprint density at radius 1 is 1.12 bits per heavy atom. The minimum absolute atomic E-state index is 0.0842. The summed E-state index contributed by atoms with van der Waals surface area (Å²) in [6, 6.07) is 0. The number of hydrogen-bond acceptors (Lipinski definition) is 3. The van der Waals surface area contributed by atoms with Crippen LogP contribution in [-0.2, 0) is 9.47 Å². The zero-order chi connectivity index (χ0) is 17.7. The van der Waals surface area contributed by atoms with E-state index in [0.29, 0.717) is 17.4 Å². The molecule has 0 aromatic heterocycles. The summed E-state index contributed by atoms with van der Waals surface area (Å²) >= 11 is 0. The topological polar surface area (TPSA) is 35.5 Å². The molecular weight excluding hydrogens is 312 g/mol. The molecule has 0 bridgehead atoms. The molecule has 0 radical (unpaired) electrons. The Bertz CT molecular complexity index is 568. The van der Waals surface area contributed by atoms with Gasteiger partial charge in [0.1, 0.15) is 6.10 Å². The summed E-state index contributed by atoms with van der Waals surface area (Å²) in [4.78, 5) is 11.7. The van der Waals surface area contributed by atoms with Crippen LogP contribution in [0.4, 0.5) is 4.79 Å². The van der Waals surface area contributed by atoms with E-state index in [1.165, 1.54) is 44.9 Å². The van der Waals surface area contributed by atoms with E-state index in [0.717, 1.165) is 30.6 Å². The number of ether oxygens (including phenoxy) is 2. The summed E-state index contributed by atoms with van der Waals surface area (Å²) in [6.45, 7) is 7.27. The van der Waals surface area contributed by atoms with Crippen molar-refractivity contribution in [1.82, 2.24) is 0 Å². The lowest BCUT2D eigenvalue weighted by Crippen LogP contribution is -2.49. The summed E-state index contributed by atoms with van der Waals surface area (Å²) in [6.07, 6.45) is 13.5. The average Bonchev–Trinajstić information content (AvgIpc) is 2.97. The van der Waals surface area contributed by atoms with Crippen LogP contribution in [0.1, 0.15) is 78.6 Å². The molecule has 0 saturated heterocycles. The molecule has 4 aliphatic rings. The molecule has 6 atom stereocenters. The van der Waals surface area contributed by atoms with Crippen LogP contribution in [0.2, 0.25) is 0 Å². The van der Waals surface area contributed by atoms with E-state index >= 15 is 0 Å².